The molecule has 1 rings (SSSR count). The van der Waals surface area contributed by atoms with Gasteiger partial charge in [-0.05, 0) is 20.3 Å². The number of Topliss-reactive ketones (excluding diaryl/α,β-unsaturated/α-hetero) is 1. The normalized spacial score (nSPS) is 22.2. The lowest BCUT2D eigenvalue weighted by Crippen LogP contribution is -2.45. The summed E-state index contributed by atoms with van der Waals surface area (Å²) in [5.41, 5.74) is 0. The Morgan fingerprint density at radius 3 is 2.79 bits per heavy atom. The third kappa shape index (κ3) is 4.01. The van der Waals surface area contributed by atoms with Crippen LogP contribution in [-0.2, 0) is 4.79 Å². The van der Waals surface area contributed by atoms with Gasteiger partial charge in [-0.3, -0.25) is 9.69 Å². The summed E-state index contributed by atoms with van der Waals surface area (Å²) in [6, 6.07) is 0. The molecule has 1 fully saturated rings. The molecule has 0 aliphatic carbocycles. The Morgan fingerprint density at radius 2 is 2.21 bits per heavy atom. The number of ketones is 1. The van der Waals surface area contributed by atoms with Crippen molar-refractivity contribution in [3.8, 4) is 0 Å². The smallest absolute Gasteiger partial charge is 0.146 e. The van der Waals surface area contributed by atoms with Crippen molar-refractivity contribution in [3.05, 3.63) is 0 Å². The summed E-state index contributed by atoms with van der Waals surface area (Å²) >= 11 is 2.01. The Hall–Kier alpha value is -0.0200. The van der Waals surface area contributed by atoms with Crippen LogP contribution in [0, 0.1) is 0 Å². The first-order valence-electron chi connectivity index (χ1n) is 5.41. The Labute approximate surface area is 91.4 Å². The van der Waals surface area contributed by atoms with Crippen LogP contribution in [0.15, 0.2) is 0 Å². The first-order valence-corrected chi connectivity index (χ1v) is 6.40. The maximum atomic E-state index is 11.5. The van der Waals surface area contributed by atoms with E-state index in [1.807, 2.05) is 11.8 Å². The van der Waals surface area contributed by atoms with Crippen LogP contribution in [-0.4, -0.2) is 40.8 Å². The van der Waals surface area contributed by atoms with Crippen molar-refractivity contribution < 1.29 is 4.79 Å². The van der Waals surface area contributed by atoms with Crippen LogP contribution >= 0.6 is 11.8 Å². The van der Waals surface area contributed by atoms with Gasteiger partial charge in [-0.2, -0.15) is 11.8 Å². The third-order valence-corrected chi connectivity index (χ3v) is 3.73. The molecule has 0 aromatic heterocycles. The second kappa shape index (κ2) is 5.17. The van der Waals surface area contributed by atoms with E-state index in [1.165, 1.54) is 0 Å². The zero-order chi connectivity index (χ0) is 10.6. The molecule has 0 amide bonds. The minimum atomic E-state index is 0.324. The molecule has 1 heterocycles. The fourth-order valence-corrected chi connectivity index (χ4v) is 3.03. The standard InChI is InChI=1S/C11H21NOS/c1-4-5-10(13)8-12-6-7-14-11(2,3)9-12/h4-9H2,1-3H3. The van der Waals surface area contributed by atoms with E-state index in [4.69, 9.17) is 0 Å². The molecular weight excluding hydrogens is 194 g/mol. The van der Waals surface area contributed by atoms with Crippen molar-refractivity contribution in [1.29, 1.82) is 0 Å². The molecule has 1 aliphatic rings. The number of rotatable bonds is 4. The first kappa shape index (κ1) is 12.1. The Balaban J connectivity index is 2.34. The quantitative estimate of drug-likeness (QED) is 0.717. The molecule has 0 N–H and O–H groups in total. The molecule has 3 heteroatoms. The number of hydrogen-bond acceptors (Lipinski definition) is 3. The van der Waals surface area contributed by atoms with Crippen LogP contribution < -0.4 is 0 Å². The van der Waals surface area contributed by atoms with Crippen LogP contribution in [0.1, 0.15) is 33.6 Å². The number of nitrogens with zero attached hydrogens (tertiary/aromatic N) is 1. The zero-order valence-corrected chi connectivity index (χ0v) is 10.3. The van der Waals surface area contributed by atoms with Gasteiger partial charge < -0.3 is 0 Å². The summed E-state index contributed by atoms with van der Waals surface area (Å²) in [7, 11) is 0. The zero-order valence-electron chi connectivity index (χ0n) is 9.51. The summed E-state index contributed by atoms with van der Waals surface area (Å²) in [4.78, 5) is 13.8. The highest BCUT2D eigenvalue weighted by Gasteiger charge is 2.27. The van der Waals surface area contributed by atoms with Crippen molar-refractivity contribution >= 4 is 17.5 Å². The molecule has 0 unspecified atom stereocenters. The van der Waals surface area contributed by atoms with Gasteiger partial charge >= 0.3 is 0 Å². The van der Waals surface area contributed by atoms with Gasteiger partial charge in [0.15, 0.2) is 0 Å². The summed E-state index contributed by atoms with van der Waals surface area (Å²) in [5.74, 6) is 1.56. The lowest BCUT2D eigenvalue weighted by atomic mass is 10.1. The Bertz CT molecular complexity index is 203. The van der Waals surface area contributed by atoms with E-state index in [1.54, 1.807) is 0 Å². The van der Waals surface area contributed by atoms with Gasteiger partial charge in [0.25, 0.3) is 0 Å². The highest BCUT2D eigenvalue weighted by Crippen LogP contribution is 2.29. The van der Waals surface area contributed by atoms with Crippen LogP contribution in [0.4, 0.5) is 0 Å². The molecule has 14 heavy (non-hydrogen) atoms. The topological polar surface area (TPSA) is 20.3 Å². The van der Waals surface area contributed by atoms with E-state index < -0.39 is 0 Å². The molecule has 1 aliphatic heterocycles. The molecule has 2 nitrogen and oxygen atoms in total. The molecular formula is C11H21NOS. The van der Waals surface area contributed by atoms with Gasteiger partial charge in [-0.25, -0.2) is 0 Å². The molecule has 0 saturated carbocycles. The van der Waals surface area contributed by atoms with Gasteiger partial charge in [-0.1, -0.05) is 6.92 Å². The average molecular weight is 215 g/mol. The van der Waals surface area contributed by atoms with Crippen LogP contribution in [0.25, 0.3) is 0 Å². The van der Waals surface area contributed by atoms with Crippen molar-refractivity contribution in [2.45, 2.75) is 38.4 Å². The molecule has 0 bridgehead atoms. The van der Waals surface area contributed by atoms with E-state index in [2.05, 4.69) is 25.7 Å². The maximum absolute atomic E-state index is 11.5. The maximum Gasteiger partial charge on any atom is 0.146 e. The van der Waals surface area contributed by atoms with E-state index in [0.29, 0.717) is 17.1 Å². The number of carbonyl (C=O) groups excluding carboxylic acids is 1. The largest absolute Gasteiger partial charge is 0.298 e. The molecule has 1 saturated heterocycles. The summed E-state index contributed by atoms with van der Waals surface area (Å²) in [6.07, 6.45) is 1.72. The SMILES string of the molecule is CCCC(=O)CN1CCSC(C)(C)C1. The van der Waals surface area contributed by atoms with Crippen molar-refractivity contribution in [1.82, 2.24) is 4.90 Å². The lowest BCUT2D eigenvalue weighted by Gasteiger charge is -2.37. The molecule has 82 valence electrons. The second-order valence-electron chi connectivity index (χ2n) is 4.61. The number of carbonyl (C=O) groups is 1. The van der Waals surface area contributed by atoms with Crippen molar-refractivity contribution in [3.63, 3.8) is 0 Å². The van der Waals surface area contributed by atoms with E-state index in [-0.39, 0.29) is 0 Å². The third-order valence-electron chi connectivity index (χ3n) is 2.43. The number of hydrogen-bond donors (Lipinski definition) is 0. The summed E-state index contributed by atoms with van der Waals surface area (Å²) in [6.45, 7) is 9.37. The van der Waals surface area contributed by atoms with Gasteiger partial charge in [0.1, 0.15) is 5.78 Å². The van der Waals surface area contributed by atoms with Gasteiger partial charge in [0, 0.05) is 30.0 Å². The molecule has 0 spiro atoms. The van der Waals surface area contributed by atoms with Gasteiger partial charge in [0.05, 0.1) is 6.54 Å². The van der Waals surface area contributed by atoms with E-state index >= 15 is 0 Å². The minimum Gasteiger partial charge on any atom is -0.298 e. The highest BCUT2D eigenvalue weighted by atomic mass is 32.2. The molecule has 0 aromatic carbocycles. The molecule has 0 aromatic rings. The van der Waals surface area contributed by atoms with Crippen LogP contribution in [0.3, 0.4) is 0 Å². The molecule has 0 radical (unpaired) electrons. The Kier molecular flexibility index (Phi) is 4.45. The number of thioether (sulfide) groups is 1. The summed E-state index contributed by atoms with van der Waals surface area (Å²) < 4.78 is 0.324. The predicted molar refractivity (Wildman–Crippen MR) is 62.9 cm³/mol. The van der Waals surface area contributed by atoms with Gasteiger partial charge in [-0.15, -0.1) is 0 Å². The average Bonchev–Trinajstić information content (AvgIpc) is 2.02. The van der Waals surface area contributed by atoms with E-state index in [9.17, 15) is 4.79 Å². The summed E-state index contributed by atoms with van der Waals surface area (Å²) in [5, 5.41) is 0. The Morgan fingerprint density at radius 1 is 1.50 bits per heavy atom. The van der Waals surface area contributed by atoms with Crippen LogP contribution in [0.2, 0.25) is 0 Å². The van der Waals surface area contributed by atoms with Crippen LogP contribution in [0.5, 0.6) is 0 Å². The minimum absolute atomic E-state index is 0.324. The fourth-order valence-electron chi connectivity index (χ4n) is 1.86. The monoisotopic (exact) mass is 215 g/mol. The highest BCUT2D eigenvalue weighted by molar-refractivity contribution is 8.00. The first-order chi connectivity index (χ1) is 6.53. The molecule has 0 atom stereocenters. The fraction of sp³-hybridized carbons (Fsp3) is 0.909. The van der Waals surface area contributed by atoms with Crippen molar-refractivity contribution in [2.24, 2.45) is 0 Å². The van der Waals surface area contributed by atoms with E-state index in [0.717, 1.165) is 31.7 Å². The van der Waals surface area contributed by atoms with Gasteiger partial charge in [0.2, 0.25) is 0 Å². The lowest BCUT2D eigenvalue weighted by molar-refractivity contribution is -0.120. The predicted octanol–water partition coefficient (Wildman–Crippen LogP) is 2.18. The second-order valence-corrected chi connectivity index (χ2v) is 6.41. The van der Waals surface area contributed by atoms with Crippen molar-refractivity contribution in [2.75, 3.05) is 25.4 Å².